The first-order chi connectivity index (χ1) is 7.95. The maximum atomic E-state index is 13.4. The maximum absolute atomic E-state index is 13.4. The molecule has 0 aliphatic heterocycles. The van der Waals surface area contributed by atoms with E-state index in [2.05, 4.69) is 5.32 Å². The van der Waals surface area contributed by atoms with E-state index < -0.39 is 10.7 Å². The summed E-state index contributed by atoms with van der Waals surface area (Å²) in [7, 11) is 1.55. The lowest BCUT2D eigenvalue weighted by Crippen LogP contribution is -2.30. The van der Waals surface area contributed by atoms with E-state index in [1.165, 1.54) is 6.07 Å². The van der Waals surface area contributed by atoms with Gasteiger partial charge in [-0.05, 0) is 19.9 Å². The van der Waals surface area contributed by atoms with E-state index in [0.717, 1.165) is 12.1 Å². The SMILES string of the molecule is COC(C)C(C)Nc1cc([N+](=O)[O-])ccc1F. The van der Waals surface area contributed by atoms with Crippen molar-refractivity contribution in [1.82, 2.24) is 0 Å². The van der Waals surface area contributed by atoms with E-state index >= 15 is 0 Å². The minimum absolute atomic E-state index is 0.107. The van der Waals surface area contributed by atoms with Gasteiger partial charge in [-0.15, -0.1) is 0 Å². The molecule has 6 heteroatoms. The van der Waals surface area contributed by atoms with Crippen molar-refractivity contribution < 1.29 is 14.1 Å². The van der Waals surface area contributed by atoms with Crippen LogP contribution in [0.25, 0.3) is 0 Å². The summed E-state index contributed by atoms with van der Waals surface area (Å²) in [6.45, 7) is 3.64. The number of anilines is 1. The predicted octanol–water partition coefficient (Wildman–Crippen LogP) is 2.57. The fourth-order valence-corrected chi connectivity index (χ4v) is 1.30. The predicted molar refractivity (Wildman–Crippen MR) is 62.6 cm³/mol. The number of halogens is 1. The zero-order valence-electron chi connectivity index (χ0n) is 9.94. The van der Waals surface area contributed by atoms with Crippen molar-refractivity contribution in [2.75, 3.05) is 12.4 Å². The molecule has 0 aliphatic carbocycles. The highest BCUT2D eigenvalue weighted by molar-refractivity contribution is 5.52. The Balaban J connectivity index is 2.89. The maximum Gasteiger partial charge on any atom is 0.271 e. The highest BCUT2D eigenvalue weighted by Crippen LogP contribution is 2.22. The first-order valence-corrected chi connectivity index (χ1v) is 5.19. The summed E-state index contributed by atoms with van der Waals surface area (Å²) in [6, 6.07) is 3.22. The molecule has 0 aromatic heterocycles. The van der Waals surface area contributed by atoms with Crippen molar-refractivity contribution in [2.24, 2.45) is 0 Å². The number of hydrogen-bond acceptors (Lipinski definition) is 4. The quantitative estimate of drug-likeness (QED) is 0.636. The zero-order chi connectivity index (χ0) is 13.0. The van der Waals surface area contributed by atoms with Gasteiger partial charge in [0.2, 0.25) is 0 Å². The van der Waals surface area contributed by atoms with Gasteiger partial charge in [-0.2, -0.15) is 0 Å². The largest absolute Gasteiger partial charge is 0.380 e. The van der Waals surface area contributed by atoms with Crippen LogP contribution in [0.15, 0.2) is 18.2 Å². The molecule has 17 heavy (non-hydrogen) atoms. The third-order valence-electron chi connectivity index (χ3n) is 2.62. The number of nitro benzene ring substituents is 1. The highest BCUT2D eigenvalue weighted by atomic mass is 19.1. The molecule has 0 bridgehead atoms. The van der Waals surface area contributed by atoms with Crippen molar-refractivity contribution in [3.05, 3.63) is 34.1 Å². The lowest BCUT2D eigenvalue weighted by molar-refractivity contribution is -0.384. The summed E-state index contributed by atoms with van der Waals surface area (Å²) < 4.78 is 18.5. The average Bonchev–Trinajstić information content (AvgIpc) is 2.30. The molecule has 0 amide bonds. The molecular weight excluding hydrogens is 227 g/mol. The van der Waals surface area contributed by atoms with Gasteiger partial charge in [0.05, 0.1) is 16.7 Å². The minimum Gasteiger partial charge on any atom is -0.380 e. The van der Waals surface area contributed by atoms with Crippen LogP contribution in [0.2, 0.25) is 0 Å². The Morgan fingerprint density at radius 3 is 2.65 bits per heavy atom. The molecule has 2 atom stereocenters. The van der Waals surface area contributed by atoms with Crippen LogP contribution in [0.4, 0.5) is 15.8 Å². The van der Waals surface area contributed by atoms with Gasteiger partial charge in [0.25, 0.3) is 5.69 Å². The van der Waals surface area contributed by atoms with E-state index in [0.29, 0.717) is 0 Å². The summed E-state index contributed by atoms with van der Waals surface area (Å²) in [5, 5.41) is 13.4. The van der Waals surface area contributed by atoms with E-state index in [4.69, 9.17) is 4.74 Å². The van der Waals surface area contributed by atoms with Gasteiger partial charge in [0.1, 0.15) is 5.82 Å². The van der Waals surface area contributed by atoms with Gasteiger partial charge in [0, 0.05) is 25.3 Å². The summed E-state index contributed by atoms with van der Waals surface area (Å²) in [6.07, 6.45) is -0.131. The molecule has 0 saturated carbocycles. The Bertz CT molecular complexity index is 412. The molecule has 0 spiro atoms. The van der Waals surface area contributed by atoms with Gasteiger partial charge in [-0.1, -0.05) is 0 Å². The van der Waals surface area contributed by atoms with Crippen molar-refractivity contribution >= 4 is 11.4 Å². The number of non-ortho nitro benzene ring substituents is 1. The fourth-order valence-electron chi connectivity index (χ4n) is 1.30. The van der Waals surface area contributed by atoms with E-state index in [1.807, 2.05) is 13.8 Å². The van der Waals surface area contributed by atoms with Crippen LogP contribution in [-0.2, 0) is 4.74 Å². The number of rotatable bonds is 5. The normalized spacial score (nSPS) is 14.1. The Kier molecular flexibility index (Phi) is 4.39. The Morgan fingerprint density at radius 1 is 1.47 bits per heavy atom. The molecule has 5 nitrogen and oxygen atoms in total. The first kappa shape index (κ1) is 13.4. The topological polar surface area (TPSA) is 64.4 Å². The first-order valence-electron chi connectivity index (χ1n) is 5.19. The lowest BCUT2D eigenvalue weighted by atomic mass is 10.2. The molecule has 94 valence electrons. The summed E-state index contributed by atoms with van der Waals surface area (Å²) >= 11 is 0. The standard InChI is InChI=1S/C11H15FN2O3/c1-7(8(2)17-3)13-11-6-9(14(15)16)4-5-10(11)12/h4-8,13H,1-3H3. The van der Waals surface area contributed by atoms with Gasteiger partial charge in [-0.3, -0.25) is 10.1 Å². The van der Waals surface area contributed by atoms with Crippen LogP contribution in [0, 0.1) is 15.9 Å². The molecule has 0 radical (unpaired) electrons. The number of nitro groups is 1. The summed E-state index contributed by atoms with van der Waals surface area (Å²) in [5.41, 5.74) is -0.0400. The zero-order valence-corrected chi connectivity index (χ0v) is 9.94. The molecule has 1 rings (SSSR count). The van der Waals surface area contributed by atoms with Crippen LogP contribution in [0.3, 0.4) is 0 Å². The van der Waals surface area contributed by atoms with Crippen LogP contribution < -0.4 is 5.32 Å². The molecule has 1 N–H and O–H groups in total. The second-order valence-electron chi connectivity index (χ2n) is 3.80. The van der Waals surface area contributed by atoms with Crippen LogP contribution in [0.1, 0.15) is 13.8 Å². The molecular formula is C11H15FN2O3. The third kappa shape index (κ3) is 3.39. The van der Waals surface area contributed by atoms with Crippen molar-refractivity contribution in [3.63, 3.8) is 0 Å². The van der Waals surface area contributed by atoms with Gasteiger partial charge < -0.3 is 10.1 Å². The van der Waals surface area contributed by atoms with Crippen LogP contribution >= 0.6 is 0 Å². The second-order valence-corrected chi connectivity index (χ2v) is 3.80. The van der Waals surface area contributed by atoms with E-state index in [-0.39, 0.29) is 23.5 Å². The molecule has 0 saturated heterocycles. The number of nitrogens with one attached hydrogen (secondary N) is 1. The Morgan fingerprint density at radius 2 is 2.12 bits per heavy atom. The van der Waals surface area contributed by atoms with Gasteiger partial charge in [-0.25, -0.2) is 4.39 Å². The molecule has 2 unspecified atom stereocenters. The monoisotopic (exact) mass is 242 g/mol. The van der Waals surface area contributed by atoms with Crippen LogP contribution in [0.5, 0.6) is 0 Å². The van der Waals surface area contributed by atoms with Crippen LogP contribution in [-0.4, -0.2) is 24.2 Å². The van der Waals surface area contributed by atoms with E-state index in [1.54, 1.807) is 7.11 Å². The number of nitrogens with zero attached hydrogens (tertiary/aromatic N) is 1. The lowest BCUT2D eigenvalue weighted by Gasteiger charge is -2.21. The molecule has 1 aromatic carbocycles. The highest BCUT2D eigenvalue weighted by Gasteiger charge is 2.15. The number of methoxy groups -OCH3 is 1. The average molecular weight is 242 g/mol. The van der Waals surface area contributed by atoms with Crippen molar-refractivity contribution in [1.29, 1.82) is 0 Å². The smallest absolute Gasteiger partial charge is 0.271 e. The second kappa shape index (κ2) is 5.58. The number of benzene rings is 1. The molecule has 0 heterocycles. The third-order valence-corrected chi connectivity index (χ3v) is 2.62. The van der Waals surface area contributed by atoms with E-state index in [9.17, 15) is 14.5 Å². The Hall–Kier alpha value is -1.69. The summed E-state index contributed by atoms with van der Waals surface area (Å²) in [5.74, 6) is -0.522. The minimum atomic E-state index is -0.560. The Labute approximate surface area is 98.7 Å². The number of ether oxygens (including phenoxy) is 1. The van der Waals surface area contributed by atoms with Gasteiger partial charge in [0.15, 0.2) is 0 Å². The molecule has 0 aliphatic rings. The summed E-state index contributed by atoms with van der Waals surface area (Å²) in [4.78, 5) is 10.0. The molecule has 1 aromatic rings. The fraction of sp³-hybridized carbons (Fsp3) is 0.455. The van der Waals surface area contributed by atoms with Gasteiger partial charge >= 0.3 is 0 Å². The number of hydrogen-bond donors (Lipinski definition) is 1. The van der Waals surface area contributed by atoms with Crippen molar-refractivity contribution in [2.45, 2.75) is 26.0 Å². The molecule has 0 fully saturated rings. The van der Waals surface area contributed by atoms with Crippen molar-refractivity contribution in [3.8, 4) is 0 Å².